The van der Waals surface area contributed by atoms with E-state index in [0.29, 0.717) is 30.9 Å². The molecule has 0 saturated heterocycles. The summed E-state index contributed by atoms with van der Waals surface area (Å²) in [5.41, 5.74) is 2.49. The molecule has 0 saturated carbocycles. The van der Waals surface area contributed by atoms with Crippen molar-refractivity contribution in [3.8, 4) is 5.75 Å². The van der Waals surface area contributed by atoms with Crippen molar-refractivity contribution in [3.05, 3.63) is 59.7 Å². The maximum absolute atomic E-state index is 14.4. The molecule has 0 radical (unpaired) electrons. The van der Waals surface area contributed by atoms with Crippen molar-refractivity contribution in [2.45, 2.75) is 58.3 Å². The Balaban J connectivity index is 2.13. The van der Waals surface area contributed by atoms with Crippen LogP contribution in [-0.4, -0.2) is 20.5 Å². The van der Waals surface area contributed by atoms with Gasteiger partial charge in [-0.25, -0.2) is 4.39 Å². The summed E-state index contributed by atoms with van der Waals surface area (Å²) in [6, 6.07) is 15.4. The van der Waals surface area contributed by atoms with Gasteiger partial charge >= 0.3 is 0 Å². The topological polar surface area (TPSA) is 47.6 Å². The van der Waals surface area contributed by atoms with Crippen LogP contribution >= 0.6 is 0 Å². The molecule has 0 bridgehead atoms. The van der Waals surface area contributed by atoms with Crippen molar-refractivity contribution in [3.63, 3.8) is 0 Å². The van der Waals surface area contributed by atoms with Gasteiger partial charge in [0.25, 0.3) is 0 Å². The van der Waals surface area contributed by atoms with Gasteiger partial charge in [0, 0.05) is 0 Å². The van der Waals surface area contributed by atoms with E-state index in [1.54, 1.807) is 0 Å². The number of benzene rings is 2. The minimum Gasteiger partial charge on any atom is -0.487 e. The Morgan fingerprint density at radius 1 is 1.18 bits per heavy atom. The van der Waals surface area contributed by atoms with Crippen LogP contribution in [0.5, 0.6) is 5.75 Å². The summed E-state index contributed by atoms with van der Waals surface area (Å²) in [7, 11) is -2.47. The summed E-state index contributed by atoms with van der Waals surface area (Å²) < 4.78 is 26.5. The number of rotatable bonds is 11. The average Bonchev–Trinajstić information content (AvgIpc) is 2.68. The maximum atomic E-state index is 14.4. The van der Waals surface area contributed by atoms with E-state index in [1.165, 1.54) is 0 Å². The Morgan fingerprint density at radius 2 is 1.89 bits per heavy atom. The smallest absolute Gasteiger partial charge is 0.222 e. The summed E-state index contributed by atoms with van der Waals surface area (Å²) in [6.07, 6.45) is 1.68. The number of alkyl halides is 1. The zero-order valence-corrected chi connectivity index (χ0v) is 18.1. The molecule has 4 nitrogen and oxygen atoms in total. The largest absolute Gasteiger partial charge is 0.487 e. The van der Waals surface area contributed by atoms with Crippen LogP contribution in [0.1, 0.15) is 43.9 Å². The molecule has 2 atom stereocenters. The lowest BCUT2D eigenvalue weighted by Crippen LogP contribution is -2.42. The summed E-state index contributed by atoms with van der Waals surface area (Å²) in [4.78, 5) is 11.0. The quantitative estimate of drug-likeness (QED) is 0.381. The molecule has 2 rings (SSSR count). The lowest BCUT2D eigenvalue weighted by atomic mass is 10.1. The number of halogens is 1. The number of amides is 1. The van der Waals surface area contributed by atoms with E-state index in [9.17, 15) is 9.18 Å². The van der Waals surface area contributed by atoms with Crippen molar-refractivity contribution < 1.29 is 18.3 Å². The number of hydrogen-bond acceptors (Lipinski definition) is 3. The highest BCUT2D eigenvalue weighted by atomic mass is 28.4. The number of hydrogen-bond donors (Lipinski definition) is 1. The molecule has 0 spiro atoms. The summed E-state index contributed by atoms with van der Waals surface area (Å²) >= 11 is 0. The molecule has 2 aromatic carbocycles. The van der Waals surface area contributed by atoms with Crippen LogP contribution in [0.25, 0.3) is 0 Å². The molecule has 28 heavy (non-hydrogen) atoms. The summed E-state index contributed by atoms with van der Waals surface area (Å²) in [6.45, 7) is 8.11. The monoisotopic (exact) mass is 403 g/mol. The van der Waals surface area contributed by atoms with E-state index in [0.717, 1.165) is 17.5 Å². The minimum absolute atomic E-state index is 0.271. The molecule has 0 aromatic heterocycles. The zero-order valence-electron chi connectivity index (χ0n) is 17.1. The van der Waals surface area contributed by atoms with Crippen molar-refractivity contribution in [1.82, 2.24) is 0 Å². The molecule has 6 heteroatoms. The van der Waals surface area contributed by atoms with Crippen LogP contribution < -0.4 is 10.1 Å². The molecule has 0 aliphatic carbocycles. The molecule has 2 unspecified atom stereocenters. The third-order valence-corrected chi connectivity index (χ3v) is 7.46. The first-order valence-corrected chi connectivity index (χ1v) is 12.7. The second-order valence-electron chi connectivity index (χ2n) is 7.41. The van der Waals surface area contributed by atoms with E-state index in [1.807, 2.05) is 75.5 Å². The van der Waals surface area contributed by atoms with Gasteiger partial charge in [-0.2, -0.15) is 0 Å². The minimum atomic E-state index is -2.47. The fraction of sp³-hybridized carbons (Fsp3) is 0.409. The van der Waals surface area contributed by atoms with Crippen molar-refractivity contribution in [2.24, 2.45) is 0 Å². The maximum Gasteiger partial charge on any atom is 0.222 e. The molecule has 2 aromatic rings. The lowest BCUT2D eigenvalue weighted by molar-refractivity contribution is -0.105. The second kappa shape index (κ2) is 10.4. The van der Waals surface area contributed by atoms with Crippen LogP contribution in [0.3, 0.4) is 0 Å². The van der Waals surface area contributed by atoms with Gasteiger partial charge in [0.05, 0.1) is 11.8 Å². The van der Waals surface area contributed by atoms with Crippen LogP contribution in [0.15, 0.2) is 48.5 Å². The van der Waals surface area contributed by atoms with Gasteiger partial charge in [0.15, 0.2) is 0 Å². The van der Waals surface area contributed by atoms with Gasteiger partial charge < -0.3 is 14.5 Å². The van der Waals surface area contributed by atoms with Crippen LogP contribution in [0.2, 0.25) is 13.1 Å². The SMILES string of the molecule is CCCC(F)[Si](C)(C)OC(C)c1ccc(OCc2ccccc2)c(NC=O)c1. The zero-order chi connectivity index (χ0) is 20.6. The Labute approximate surface area is 168 Å². The highest BCUT2D eigenvalue weighted by Gasteiger charge is 2.35. The average molecular weight is 404 g/mol. The molecule has 1 amide bonds. The Hall–Kier alpha value is -2.18. The Morgan fingerprint density at radius 3 is 2.54 bits per heavy atom. The van der Waals surface area contributed by atoms with Crippen LogP contribution in [0.4, 0.5) is 10.1 Å². The molecule has 0 heterocycles. The fourth-order valence-electron chi connectivity index (χ4n) is 3.04. The van der Waals surface area contributed by atoms with Gasteiger partial charge in [-0.05, 0) is 49.7 Å². The number of carbonyl (C=O) groups excluding carboxylic acids is 1. The molecule has 1 N–H and O–H groups in total. The molecule has 0 fully saturated rings. The number of anilines is 1. The van der Waals surface area contributed by atoms with Gasteiger partial charge in [-0.15, -0.1) is 0 Å². The van der Waals surface area contributed by atoms with E-state index >= 15 is 0 Å². The standard InChI is InChI=1S/C22H30FNO3Si/c1-5-9-22(23)28(3,4)27-17(2)19-12-13-21(20(14-19)24-16-25)26-15-18-10-7-6-8-11-18/h6-8,10-14,16-17,22H,5,9,15H2,1-4H3,(H,24,25). The van der Waals surface area contributed by atoms with Crippen molar-refractivity contribution >= 4 is 20.4 Å². The molecule has 0 aliphatic rings. The number of nitrogens with one attached hydrogen (secondary N) is 1. The van der Waals surface area contributed by atoms with E-state index in [-0.39, 0.29) is 6.10 Å². The predicted octanol–water partition coefficient (Wildman–Crippen LogP) is 5.79. The van der Waals surface area contributed by atoms with Crippen LogP contribution in [-0.2, 0) is 15.8 Å². The fourth-order valence-corrected chi connectivity index (χ4v) is 5.22. The Bertz CT molecular complexity index is 755. The number of carbonyl (C=O) groups is 1. The van der Waals surface area contributed by atoms with Gasteiger partial charge in [0.1, 0.15) is 18.2 Å². The van der Waals surface area contributed by atoms with E-state index < -0.39 is 14.1 Å². The van der Waals surface area contributed by atoms with E-state index in [4.69, 9.17) is 9.16 Å². The molecule has 0 aliphatic heterocycles. The third-order valence-electron chi connectivity index (χ3n) is 4.70. The highest BCUT2D eigenvalue weighted by Crippen LogP contribution is 2.32. The Kier molecular flexibility index (Phi) is 8.20. The first kappa shape index (κ1) is 22.1. The van der Waals surface area contributed by atoms with Crippen molar-refractivity contribution in [1.29, 1.82) is 0 Å². The van der Waals surface area contributed by atoms with Crippen molar-refractivity contribution in [2.75, 3.05) is 5.32 Å². The van der Waals surface area contributed by atoms with Gasteiger partial charge in [-0.3, -0.25) is 4.79 Å². The molecular weight excluding hydrogens is 373 g/mol. The second-order valence-corrected chi connectivity index (χ2v) is 11.5. The molecule has 152 valence electrons. The highest BCUT2D eigenvalue weighted by molar-refractivity contribution is 6.72. The lowest BCUT2D eigenvalue weighted by Gasteiger charge is -2.30. The first-order chi connectivity index (χ1) is 13.4. The number of ether oxygens (including phenoxy) is 1. The summed E-state index contributed by atoms with van der Waals surface area (Å²) in [5.74, 6) is -0.321. The first-order valence-electron chi connectivity index (χ1n) is 9.70. The normalized spacial score (nSPS) is 13.6. The van der Waals surface area contributed by atoms with Gasteiger partial charge in [-0.1, -0.05) is 49.7 Å². The van der Waals surface area contributed by atoms with E-state index in [2.05, 4.69) is 5.32 Å². The van der Waals surface area contributed by atoms with Gasteiger partial charge in [0.2, 0.25) is 14.7 Å². The predicted molar refractivity (Wildman–Crippen MR) is 114 cm³/mol. The molecular formula is C22H30FNO3Si. The third kappa shape index (κ3) is 6.17. The van der Waals surface area contributed by atoms with Crippen LogP contribution in [0, 0.1) is 0 Å². The summed E-state index contributed by atoms with van der Waals surface area (Å²) in [5, 5.41) is 2.69.